The van der Waals surface area contributed by atoms with Crippen LogP contribution in [0.5, 0.6) is 0 Å². The van der Waals surface area contributed by atoms with Gasteiger partial charge >= 0.3 is 0 Å². The molecule has 4 rings (SSSR count). The van der Waals surface area contributed by atoms with Crippen LogP contribution in [0.4, 0.5) is 5.69 Å². The number of nitriles is 1. The second-order valence-electron chi connectivity index (χ2n) is 8.87. The molecule has 1 aromatic heterocycles. The van der Waals surface area contributed by atoms with Crippen molar-refractivity contribution in [2.75, 3.05) is 65.0 Å². The smallest absolute Gasteiger partial charge is 0.250 e. The quantitative estimate of drug-likeness (QED) is 0.294. The van der Waals surface area contributed by atoms with Crippen LogP contribution in [-0.2, 0) is 26.5 Å². The lowest BCUT2D eigenvalue weighted by Crippen LogP contribution is -2.38. The van der Waals surface area contributed by atoms with E-state index < -0.39 is 10.0 Å². The van der Waals surface area contributed by atoms with Gasteiger partial charge in [-0.1, -0.05) is 18.2 Å². The van der Waals surface area contributed by atoms with E-state index in [2.05, 4.69) is 51.3 Å². The molecule has 2 N–H and O–H groups in total. The SMILES string of the molecule is COCCNS(=O)(=O)/C(C#N)=C/c1ccc(-c2ccc3cc(NCCN4CCOCC4)ccc3c2)n1C. The Morgan fingerprint density at radius 3 is 2.62 bits per heavy atom. The fourth-order valence-corrected chi connectivity index (χ4v) is 5.22. The molecule has 0 unspecified atom stereocenters. The summed E-state index contributed by atoms with van der Waals surface area (Å²) < 4.78 is 39.5. The van der Waals surface area contributed by atoms with Gasteiger partial charge in [0.1, 0.15) is 6.07 Å². The van der Waals surface area contributed by atoms with E-state index in [4.69, 9.17) is 9.47 Å². The van der Waals surface area contributed by atoms with Crippen LogP contribution in [0.15, 0.2) is 53.4 Å². The van der Waals surface area contributed by atoms with Crippen LogP contribution >= 0.6 is 0 Å². The molecule has 1 aliphatic heterocycles. The molecule has 0 amide bonds. The summed E-state index contributed by atoms with van der Waals surface area (Å²) in [4.78, 5) is 2.06. The predicted octanol–water partition coefficient (Wildman–Crippen LogP) is 3.02. The number of fused-ring (bicyclic) bond motifs is 1. The zero-order chi connectivity index (χ0) is 26.3. The molecule has 9 nitrogen and oxygen atoms in total. The van der Waals surface area contributed by atoms with E-state index in [-0.39, 0.29) is 18.1 Å². The number of allylic oxidation sites excluding steroid dienone is 1. The molecule has 0 radical (unpaired) electrons. The maximum Gasteiger partial charge on any atom is 0.250 e. The van der Waals surface area contributed by atoms with Crippen LogP contribution in [-0.4, -0.2) is 77.5 Å². The summed E-state index contributed by atoms with van der Waals surface area (Å²) in [6.07, 6.45) is 1.38. The second kappa shape index (κ2) is 12.4. The van der Waals surface area contributed by atoms with Gasteiger partial charge in [-0.25, -0.2) is 13.1 Å². The zero-order valence-corrected chi connectivity index (χ0v) is 22.1. The minimum Gasteiger partial charge on any atom is -0.384 e. The summed E-state index contributed by atoms with van der Waals surface area (Å²) in [6.45, 7) is 5.77. The normalized spacial score (nSPS) is 15.1. The van der Waals surface area contributed by atoms with E-state index in [0.29, 0.717) is 5.69 Å². The topological polar surface area (TPSA) is 109 Å². The molecule has 0 aliphatic carbocycles. The Kier molecular flexibility index (Phi) is 8.97. The number of hydrogen-bond acceptors (Lipinski definition) is 7. The van der Waals surface area contributed by atoms with Crippen LogP contribution in [0, 0.1) is 11.3 Å². The summed E-state index contributed by atoms with van der Waals surface area (Å²) in [6, 6.07) is 18.1. The Balaban J connectivity index is 1.48. The highest BCUT2D eigenvalue weighted by Crippen LogP contribution is 2.28. The van der Waals surface area contributed by atoms with Crippen molar-refractivity contribution >= 4 is 32.6 Å². The monoisotopic (exact) mass is 523 g/mol. The summed E-state index contributed by atoms with van der Waals surface area (Å²) in [5.74, 6) is 0. The third-order valence-corrected chi connectivity index (χ3v) is 7.81. The Hall–Kier alpha value is -3.20. The molecular weight excluding hydrogens is 490 g/mol. The summed E-state index contributed by atoms with van der Waals surface area (Å²) in [5.41, 5.74) is 3.62. The highest BCUT2D eigenvalue weighted by molar-refractivity contribution is 7.93. The van der Waals surface area contributed by atoms with Crippen molar-refractivity contribution in [3.05, 3.63) is 59.1 Å². The number of nitrogens with zero attached hydrogens (tertiary/aromatic N) is 3. The maximum atomic E-state index is 12.5. The van der Waals surface area contributed by atoms with Gasteiger partial charge in [-0.15, -0.1) is 0 Å². The maximum absolute atomic E-state index is 12.5. The van der Waals surface area contributed by atoms with Crippen LogP contribution in [0.2, 0.25) is 0 Å². The van der Waals surface area contributed by atoms with Crippen molar-refractivity contribution in [1.29, 1.82) is 5.26 Å². The summed E-state index contributed by atoms with van der Waals surface area (Å²) in [7, 11) is -0.581. The molecule has 0 spiro atoms. The molecule has 10 heteroatoms. The molecule has 37 heavy (non-hydrogen) atoms. The van der Waals surface area contributed by atoms with Gasteiger partial charge in [0.05, 0.1) is 19.8 Å². The van der Waals surface area contributed by atoms with Crippen molar-refractivity contribution in [2.24, 2.45) is 7.05 Å². The lowest BCUT2D eigenvalue weighted by Gasteiger charge is -2.26. The van der Waals surface area contributed by atoms with E-state index in [1.165, 1.54) is 13.2 Å². The average Bonchev–Trinajstić information content (AvgIpc) is 3.27. The first-order chi connectivity index (χ1) is 17.9. The highest BCUT2D eigenvalue weighted by atomic mass is 32.2. The average molecular weight is 524 g/mol. The fourth-order valence-electron chi connectivity index (χ4n) is 4.32. The van der Waals surface area contributed by atoms with Gasteiger partial charge in [0.25, 0.3) is 10.0 Å². The number of nitrogens with one attached hydrogen (secondary N) is 2. The molecule has 3 aromatic rings. The standard InChI is InChI=1S/C27H33N5O4S/c1-31-25(19-26(20-28)37(33,34)30-10-14-35-2)7-8-27(31)23-4-3-22-18-24(6-5-21(22)17-23)29-9-11-32-12-15-36-16-13-32/h3-8,17-19,29-30H,9-16H2,1-2H3/b26-19+. The molecule has 1 saturated heterocycles. The largest absolute Gasteiger partial charge is 0.384 e. The van der Waals surface area contributed by atoms with E-state index in [9.17, 15) is 13.7 Å². The van der Waals surface area contributed by atoms with Crippen molar-refractivity contribution < 1.29 is 17.9 Å². The first-order valence-corrected chi connectivity index (χ1v) is 13.7. The Bertz CT molecular complexity index is 1400. The van der Waals surface area contributed by atoms with E-state index >= 15 is 0 Å². The first kappa shape index (κ1) is 26.9. The molecule has 196 valence electrons. The minimum absolute atomic E-state index is 0.0957. The highest BCUT2D eigenvalue weighted by Gasteiger charge is 2.18. The lowest BCUT2D eigenvalue weighted by atomic mass is 10.0. The number of hydrogen-bond donors (Lipinski definition) is 2. The third kappa shape index (κ3) is 6.77. The van der Waals surface area contributed by atoms with Crippen molar-refractivity contribution in [3.8, 4) is 17.3 Å². The van der Waals surface area contributed by atoms with Crippen molar-refractivity contribution in [3.63, 3.8) is 0 Å². The van der Waals surface area contributed by atoms with Crippen LogP contribution in [0.25, 0.3) is 28.1 Å². The van der Waals surface area contributed by atoms with Gasteiger partial charge in [-0.3, -0.25) is 4.90 Å². The van der Waals surface area contributed by atoms with E-state index in [0.717, 1.165) is 67.1 Å². The van der Waals surface area contributed by atoms with Crippen LogP contribution in [0.3, 0.4) is 0 Å². The first-order valence-electron chi connectivity index (χ1n) is 12.3. The van der Waals surface area contributed by atoms with Crippen LogP contribution < -0.4 is 10.0 Å². The number of aromatic nitrogens is 1. The van der Waals surface area contributed by atoms with Gasteiger partial charge in [-0.2, -0.15) is 5.26 Å². The second-order valence-corrected chi connectivity index (χ2v) is 10.6. The number of methoxy groups -OCH3 is 1. The molecule has 0 bridgehead atoms. The molecular formula is C27H33N5O4S. The van der Waals surface area contributed by atoms with Gasteiger partial charge in [0, 0.05) is 64.0 Å². The number of benzene rings is 2. The minimum atomic E-state index is -3.92. The predicted molar refractivity (Wildman–Crippen MR) is 146 cm³/mol. The van der Waals surface area contributed by atoms with E-state index in [1.807, 2.05) is 23.7 Å². The van der Waals surface area contributed by atoms with Crippen molar-refractivity contribution in [1.82, 2.24) is 14.2 Å². The van der Waals surface area contributed by atoms with Gasteiger partial charge < -0.3 is 19.4 Å². The fraction of sp³-hybridized carbons (Fsp3) is 0.370. The molecule has 0 saturated carbocycles. The summed E-state index contributed by atoms with van der Waals surface area (Å²) >= 11 is 0. The number of sulfonamides is 1. The van der Waals surface area contributed by atoms with Gasteiger partial charge in [0.15, 0.2) is 4.91 Å². The van der Waals surface area contributed by atoms with Gasteiger partial charge in [-0.05, 0) is 52.7 Å². The van der Waals surface area contributed by atoms with Crippen molar-refractivity contribution in [2.45, 2.75) is 0 Å². The Morgan fingerprint density at radius 1 is 1.11 bits per heavy atom. The molecule has 1 fully saturated rings. The molecule has 2 aromatic carbocycles. The molecule has 1 aliphatic rings. The number of rotatable bonds is 11. The lowest BCUT2D eigenvalue weighted by molar-refractivity contribution is 0.0398. The number of anilines is 1. The zero-order valence-electron chi connectivity index (χ0n) is 21.2. The third-order valence-electron chi connectivity index (χ3n) is 6.43. The molecule has 0 atom stereocenters. The Labute approximate surface area is 218 Å². The number of ether oxygens (including phenoxy) is 2. The molecule has 2 heterocycles. The Morgan fingerprint density at radius 2 is 1.86 bits per heavy atom. The summed E-state index contributed by atoms with van der Waals surface area (Å²) in [5, 5.41) is 15.2. The number of morpholine rings is 1. The van der Waals surface area contributed by atoms with E-state index in [1.54, 1.807) is 6.07 Å². The van der Waals surface area contributed by atoms with Crippen LogP contribution in [0.1, 0.15) is 5.69 Å². The van der Waals surface area contributed by atoms with Gasteiger partial charge in [0.2, 0.25) is 0 Å².